The Bertz CT molecular complexity index is 723. The van der Waals surface area contributed by atoms with E-state index in [9.17, 15) is 13.2 Å². The first-order chi connectivity index (χ1) is 11.8. The van der Waals surface area contributed by atoms with Gasteiger partial charge in [-0.15, -0.1) is 0 Å². The summed E-state index contributed by atoms with van der Waals surface area (Å²) >= 11 is 0. The number of alkyl halides is 3. The second kappa shape index (κ2) is 6.12. The predicted molar refractivity (Wildman–Crippen MR) is 89.5 cm³/mol. The van der Waals surface area contributed by atoms with E-state index in [4.69, 9.17) is 16.2 Å². The molecule has 9 heteroatoms. The first-order valence-corrected chi connectivity index (χ1v) is 8.02. The zero-order chi connectivity index (χ0) is 18.2. The van der Waals surface area contributed by atoms with Crippen LogP contribution in [0.3, 0.4) is 0 Å². The molecule has 0 amide bonds. The average Bonchev–Trinajstić information content (AvgIpc) is 2.53. The minimum Gasteiger partial charge on any atom is -0.495 e. The Kier molecular flexibility index (Phi) is 4.26. The number of anilines is 1. The third kappa shape index (κ3) is 3.10. The highest BCUT2D eigenvalue weighted by Crippen LogP contribution is 2.44. The molecule has 0 atom stereocenters. The van der Waals surface area contributed by atoms with Gasteiger partial charge in [-0.2, -0.15) is 18.2 Å². The van der Waals surface area contributed by atoms with Crippen molar-refractivity contribution < 1.29 is 17.9 Å². The van der Waals surface area contributed by atoms with Gasteiger partial charge < -0.3 is 16.2 Å². The van der Waals surface area contributed by atoms with Crippen LogP contribution in [0.5, 0.6) is 5.75 Å². The van der Waals surface area contributed by atoms with Crippen molar-refractivity contribution in [3.63, 3.8) is 0 Å². The molecule has 2 aliphatic rings. The largest absolute Gasteiger partial charge is 0.495 e. The summed E-state index contributed by atoms with van der Waals surface area (Å²) in [7, 11) is 1.40. The number of methoxy groups -OCH3 is 1. The van der Waals surface area contributed by atoms with Gasteiger partial charge in [-0.25, -0.2) is 4.99 Å². The first-order valence-electron chi connectivity index (χ1n) is 8.02. The highest BCUT2D eigenvalue weighted by molar-refractivity contribution is 6.06. The van der Waals surface area contributed by atoms with E-state index in [2.05, 4.69) is 9.98 Å². The van der Waals surface area contributed by atoms with Crippen molar-refractivity contribution in [1.82, 2.24) is 0 Å². The van der Waals surface area contributed by atoms with Gasteiger partial charge in [0.25, 0.3) is 0 Å². The van der Waals surface area contributed by atoms with Gasteiger partial charge in [-0.1, -0.05) is 6.42 Å². The number of benzene rings is 1. The van der Waals surface area contributed by atoms with Crippen molar-refractivity contribution in [3.8, 4) is 5.75 Å². The minimum atomic E-state index is -4.48. The summed E-state index contributed by atoms with van der Waals surface area (Å²) in [4.78, 5) is 9.97. The molecular weight excluding hydrogens is 335 g/mol. The number of hydrogen-bond donors (Lipinski definition) is 2. The fourth-order valence-electron chi connectivity index (χ4n) is 3.51. The fraction of sp³-hybridized carbons (Fsp3) is 0.500. The molecule has 25 heavy (non-hydrogen) atoms. The van der Waals surface area contributed by atoms with E-state index in [-0.39, 0.29) is 23.4 Å². The summed E-state index contributed by atoms with van der Waals surface area (Å²) in [6, 6.07) is 3.28. The Balaban J connectivity index is 2.16. The maximum absolute atomic E-state index is 13.2. The van der Waals surface area contributed by atoms with Crippen LogP contribution in [0.25, 0.3) is 0 Å². The Hall–Kier alpha value is -2.45. The Labute approximate surface area is 143 Å². The Morgan fingerprint density at radius 1 is 1.16 bits per heavy atom. The van der Waals surface area contributed by atoms with Gasteiger partial charge in [0.2, 0.25) is 11.9 Å². The lowest BCUT2D eigenvalue weighted by Gasteiger charge is -2.46. The van der Waals surface area contributed by atoms with Gasteiger partial charge in [0.1, 0.15) is 11.4 Å². The molecule has 1 aromatic rings. The minimum absolute atomic E-state index is 0.0204. The van der Waals surface area contributed by atoms with E-state index in [1.165, 1.54) is 18.1 Å². The molecule has 1 spiro atoms. The summed E-state index contributed by atoms with van der Waals surface area (Å²) in [6.07, 6.45) is -0.442. The van der Waals surface area contributed by atoms with Crippen LogP contribution in [-0.2, 0) is 6.18 Å². The van der Waals surface area contributed by atoms with Crippen molar-refractivity contribution in [3.05, 3.63) is 23.8 Å². The molecule has 1 aliphatic heterocycles. The summed E-state index contributed by atoms with van der Waals surface area (Å²) in [5.74, 6) is 0.334. The van der Waals surface area contributed by atoms with Gasteiger partial charge >= 0.3 is 6.18 Å². The molecule has 0 radical (unpaired) electrons. The highest BCUT2D eigenvalue weighted by Gasteiger charge is 2.44. The van der Waals surface area contributed by atoms with E-state index < -0.39 is 17.4 Å². The summed E-state index contributed by atoms with van der Waals surface area (Å²) in [6.45, 7) is 0. The Morgan fingerprint density at radius 2 is 1.84 bits per heavy atom. The lowest BCUT2D eigenvalue weighted by Crippen LogP contribution is -2.58. The molecule has 0 unspecified atom stereocenters. The molecule has 6 nitrogen and oxygen atoms in total. The summed E-state index contributed by atoms with van der Waals surface area (Å²) in [5, 5.41) is 0. The van der Waals surface area contributed by atoms with Crippen LogP contribution in [0.15, 0.2) is 28.2 Å². The molecule has 1 aliphatic carbocycles. The average molecular weight is 355 g/mol. The fourth-order valence-corrected chi connectivity index (χ4v) is 3.51. The third-order valence-corrected chi connectivity index (χ3v) is 4.60. The maximum atomic E-state index is 13.2. The predicted octanol–water partition coefficient (Wildman–Crippen LogP) is 2.82. The van der Waals surface area contributed by atoms with Crippen LogP contribution < -0.4 is 21.1 Å². The number of hydrogen-bond acceptors (Lipinski definition) is 6. The lowest BCUT2D eigenvalue weighted by molar-refractivity contribution is -0.137. The van der Waals surface area contributed by atoms with E-state index in [1.54, 1.807) is 0 Å². The zero-order valence-electron chi connectivity index (χ0n) is 13.8. The molecule has 0 bridgehead atoms. The van der Waals surface area contributed by atoms with Crippen LogP contribution in [0.2, 0.25) is 0 Å². The van der Waals surface area contributed by atoms with E-state index in [0.717, 1.165) is 31.4 Å². The van der Waals surface area contributed by atoms with Gasteiger partial charge in [0, 0.05) is 0 Å². The highest BCUT2D eigenvalue weighted by atomic mass is 19.4. The molecule has 1 heterocycles. The Morgan fingerprint density at radius 3 is 2.44 bits per heavy atom. The number of nitrogens with zero attached hydrogens (tertiary/aromatic N) is 3. The smallest absolute Gasteiger partial charge is 0.416 e. The molecule has 0 saturated heterocycles. The van der Waals surface area contributed by atoms with Crippen molar-refractivity contribution in [2.24, 2.45) is 21.5 Å². The van der Waals surface area contributed by atoms with Crippen LogP contribution in [0, 0.1) is 0 Å². The van der Waals surface area contributed by atoms with Gasteiger partial charge in [-0.05, 0) is 43.9 Å². The topological polar surface area (TPSA) is 89.2 Å². The second-order valence-corrected chi connectivity index (χ2v) is 6.20. The van der Waals surface area contributed by atoms with Crippen molar-refractivity contribution in [1.29, 1.82) is 0 Å². The molecule has 4 N–H and O–H groups in total. The number of nitrogens with two attached hydrogens (primary N) is 2. The van der Waals surface area contributed by atoms with E-state index in [1.807, 2.05) is 0 Å². The molecule has 1 saturated carbocycles. The summed E-state index contributed by atoms with van der Waals surface area (Å²) < 4.78 is 44.9. The SMILES string of the molecule is COc1ccc(C(F)(F)F)cc1N1C(N)=NC(N)=NC12CCCCC2. The monoisotopic (exact) mass is 355 g/mol. The van der Waals surface area contributed by atoms with Gasteiger partial charge in [0.05, 0.1) is 18.4 Å². The summed E-state index contributed by atoms with van der Waals surface area (Å²) in [5.41, 5.74) is 10.4. The number of ether oxygens (including phenoxy) is 1. The standard InChI is InChI=1S/C16H20F3N5O/c1-25-12-6-5-10(16(17,18)19)9-11(12)24-14(21)22-13(20)23-15(24)7-3-2-4-8-15/h5-6,9H,2-4,7-8H2,1H3,(H4,20,21,22,23). The molecular formula is C16H20F3N5O. The van der Waals surface area contributed by atoms with Crippen molar-refractivity contribution in [2.75, 3.05) is 12.0 Å². The zero-order valence-corrected chi connectivity index (χ0v) is 13.8. The quantitative estimate of drug-likeness (QED) is 0.854. The molecule has 136 valence electrons. The van der Waals surface area contributed by atoms with Gasteiger partial charge in [0.15, 0.2) is 0 Å². The number of aliphatic imine (C=N–C) groups is 2. The molecule has 3 rings (SSSR count). The van der Waals surface area contributed by atoms with E-state index in [0.29, 0.717) is 12.8 Å². The normalized spacial score (nSPS) is 20.2. The molecule has 1 fully saturated rings. The first kappa shape index (κ1) is 17.4. The van der Waals surface area contributed by atoms with Crippen LogP contribution in [0.4, 0.5) is 18.9 Å². The maximum Gasteiger partial charge on any atom is 0.416 e. The second-order valence-electron chi connectivity index (χ2n) is 6.20. The molecule has 0 aromatic heterocycles. The van der Waals surface area contributed by atoms with E-state index >= 15 is 0 Å². The molecule has 1 aromatic carbocycles. The van der Waals surface area contributed by atoms with Crippen LogP contribution >= 0.6 is 0 Å². The number of rotatable bonds is 2. The van der Waals surface area contributed by atoms with Gasteiger partial charge in [-0.3, -0.25) is 4.90 Å². The lowest BCUT2D eigenvalue weighted by atomic mass is 9.87. The van der Waals surface area contributed by atoms with Crippen LogP contribution in [0.1, 0.15) is 37.7 Å². The van der Waals surface area contributed by atoms with Crippen LogP contribution in [-0.4, -0.2) is 24.7 Å². The number of halogens is 3. The van der Waals surface area contributed by atoms with Crippen molar-refractivity contribution >= 4 is 17.6 Å². The third-order valence-electron chi connectivity index (χ3n) is 4.60. The number of guanidine groups is 2. The van der Waals surface area contributed by atoms with Crippen molar-refractivity contribution in [2.45, 2.75) is 43.9 Å².